The predicted octanol–water partition coefficient (Wildman–Crippen LogP) is 3.60. The van der Waals surface area contributed by atoms with Crippen LogP contribution in [0.1, 0.15) is 10.4 Å². The number of anilines is 1. The van der Waals surface area contributed by atoms with Gasteiger partial charge < -0.3 is 25.3 Å². The molecule has 0 saturated heterocycles. The van der Waals surface area contributed by atoms with Crippen molar-refractivity contribution in [2.45, 2.75) is 0 Å². The Morgan fingerprint density at radius 2 is 1.59 bits per heavy atom. The van der Waals surface area contributed by atoms with Crippen LogP contribution in [0.25, 0.3) is 0 Å². The van der Waals surface area contributed by atoms with Gasteiger partial charge in [0.25, 0.3) is 11.8 Å². The van der Waals surface area contributed by atoms with Crippen LogP contribution in [0.3, 0.4) is 0 Å². The molecule has 0 unspecified atom stereocenters. The molecule has 0 fully saturated rings. The summed E-state index contributed by atoms with van der Waals surface area (Å²) in [6.45, 7) is -0.278. The summed E-state index contributed by atoms with van der Waals surface area (Å²) in [5, 5.41) is 2.81. The Bertz CT molecular complexity index is 988. The lowest BCUT2D eigenvalue weighted by Crippen LogP contribution is -2.20. The Labute approximate surface area is 168 Å². The van der Waals surface area contributed by atoms with Crippen molar-refractivity contribution in [3.05, 3.63) is 78.4 Å². The van der Waals surface area contributed by atoms with Crippen LogP contribution >= 0.6 is 0 Å². The predicted molar refractivity (Wildman–Crippen MR) is 109 cm³/mol. The second-order valence-corrected chi connectivity index (χ2v) is 6.01. The van der Waals surface area contributed by atoms with Crippen molar-refractivity contribution in [3.8, 4) is 23.0 Å². The van der Waals surface area contributed by atoms with Gasteiger partial charge >= 0.3 is 0 Å². The smallest absolute Gasteiger partial charge is 0.255 e. The van der Waals surface area contributed by atoms with E-state index in [2.05, 4.69) is 5.32 Å². The van der Waals surface area contributed by atoms with E-state index in [-0.39, 0.29) is 12.5 Å². The third-order valence-electron chi connectivity index (χ3n) is 3.89. The number of benzene rings is 3. The highest BCUT2D eigenvalue weighted by molar-refractivity contribution is 6.04. The van der Waals surface area contributed by atoms with Crippen molar-refractivity contribution < 1.29 is 23.8 Å². The first kappa shape index (κ1) is 19.8. The third kappa shape index (κ3) is 5.49. The molecular formula is C22H20N2O5. The maximum atomic E-state index is 12.5. The van der Waals surface area contributed by atoms with Crippen molar-refractivity contribution in [1.82, 2.24) is 0 Å². The van der Waals surface area contributed by atoms with E-state index < -0.39 is 5.91 Å². The molecule has 0 aliphatic carbocycles. The van der Waals surface area contributed by atoms with Crippen molar-refractivity contribution in [3.63, 3.8) is 0 Å². The molecule has 3 rings (SSSR count). The normalized spacial score (nSPS) is 10.1. The maximum Gasteiger partial charge on any atom is 0.255 e. The maximum absolute atomic E-state index is 12.5. The molecule has 7 heteroatoms. The van der Waals surface area contributed by atoms with Crippen molar-refractivity contribution >= 4 is 17.5 Å². The van der Waals surface area contributed by atoms with Crippen molar-refractivity contribution in [2.24, 2.45) is 5.73 Å². The summed E-state index contributed by atoms with van der Waals surface area (Å²) in [6, 6.07) is 21.1. The molecule has 7 nitrogen and oxygen atoms in total. The third-order valence-corrected chi connectivity index (χ3v) is 3.89. The number of rotatable bonds is 8. The average Bonchev–Trinajstić information content (AvgIpc) is 2.74. The molecule has 0 bridgehead atoms. The summed E-state index contributed by atoms with van der Waals surface area (Å²) in [5.41, 5.74) is 6.06. The van der Waals surface area contributed by atoms with Gasteiger partial charge in [-0.15, -0.1) is 0 Å². The standard InChI is InChI=1S/C22H20N2O5/c1-27-20-13-15(7-12-19(20)28-14-21(23)25)22(26)24-16-8-10-18(11-9-16)29-17-5-3-2-4-6-17/h2-13H,14H2,1H3,(H2,23,25)(H,24,26). The number of nitrogens with two attached hydrogens (primary N) is 1. The zero-order valence-electron chi connectivity index (χ0n) is 15.8. The highest BCUT2D eigenvalue weighted by Crippen LogP contribution is 2.28. The number of methoxy groups -OCH3 is 1. The Hall–Kier alpha value is -4.00. The van der Waals surface area contributed by atoms with Gasteiger partial charge in [-0.05, 0) is 54.6 Å². The molecule has 0 heterocycles. The molecule has 3 N–H and O–H groups in total. The van der Waals surface area contributed by atoms with E-state index >= 15 is 0 Å². The van der Waals surface area contributed by atoms with E-state index in [1.807, 2.05) is 30.3 Å². The van der Waals surface area contributed by atoms with E-state index in [1.54, 1.807) is 36.4 Å². The summed E-state index contributed by atoms with van der Waals surface area (Å²) in [4.78, 5) is 23.4. The van der Waals surface area contributed by atoms with E-state index in [0.717, 1.165) is 5.75 Å². The van der Waals surface area contributed by atoms with Crippen molar-refractivity contribution in [2.75, 3.05) is 19.0 Å². The van der Waals surface area contributed by atoms with E-state index in [0.29, 0.717) is 28.5 Å². The van der Waals surface area contributed by atoms with Gasteiger partial charge in [0.2, 0.25) is 0 Å². The Morgan fingerprint density at radius 1 is 0.897 bits per heavy atom. The van der Waals surface area contributed by atoms with E-state index in [4.69, 9.17) is 19.9 Å². The lowest BCUT2D eigenvalue weighted by molar-refractivity contribution is -0.119. The topological polar surface area (TPSA) is 99.9 Å². The van der Waals surface area contributed by atoms with Crippen molar-refractivity contribution in [1.29, 1.82) is 0 Å². The fraction of sp³-hybridized carbons (Fsp3) is 0.0909. The monoisotopic (exact) mass is 392 g/mol. The Morgan fingerprint density at radius 3 is 2.24 bits per heavy atom. The van der Waals surface area contributed by atoms with Crippen LogP contribution in [0.2, 0.25) is 0 Å². The van der Waals surface area contributed by atoms with Gasteiger partial charge in [0.15, 0.2) is 18.1 Å². The van der Waals surface area contributed by atoms with E-state index in [9.17, 15) is 9.59 Å². The zero-order chi connectivity index (χ0) is 20.6. The molecule has 0 atom stereocenters. The number of hydrogen-bond donors (Lipinski definition) is 2. The molecular weight excluding hydrogens is 372 g/mol. The summed E-state index contributed by atoms with van der Waals surface area (Å²) < 4.78 is 16.2. The largest absolute Gasteiger partial charge is 0.493 e. The average molecular weight is 392 g/mol. The van der Waals surface area contributed by atoms with Gasteiger partial charge in [0.05, 0.1) is 7.11 Å². The molecule has 3 aromatic carbocycles. The Kier molecular flexibility index (Phi) is 6.32. The molecule has 29 heavy (non-hydrogen) atoms. The molecule has 0 radical (unpaired) electrons. The first-order valence-corrected chi connectivity index (χ1v) is 8.78. The molecule has 0 aromatic heterocycles. The number of nitrogens with one attached hydrogen (secondary N) is 1. The van der Waals surface area contributed by atoms with Crippen LogP contribution in [0, 0.1) is 0 Å². The first-order valence-electron chi connectivity index (χ1n) is 8.78. The van der Waals surface area contributed by atoms with Crippen LogP contribution in [0.5, 0.6) is 23.0 Å². The van der Waals surface area contributed by atoms with Gasteiger partial charge in [0, 0.05) is 11.3 Å². The number of hydrogen-bond acceptors (Lipinski definition) is 5. The Balaban J connectivity index is 1.65. The fourth-order valence-corrected chi connectivity index (χ4v) is 2.51. The lowest BCUT2D eigenvalue weighted by atomic mass is 10.2. The van der Waals surface area contributed by atoms with Gasteiger partial charge in [-0.25, -0.2) is 0 Å². The molecule has 3 aromatic rings. The number of primary amides is 1. The highest BCUT2D eigenvalue weighted by Gasteiger charge is 2.12. The molecule has 2 amide bonds. The summed E-state index contributed by atoms with van der Waals surface area (Å²) >= 11 is 0. The SMILES string of the molecule is COc1cc(C(=O)Nc2ccc(Oc3ccccc3)cc2)ccc1OCC(N)=O. The number of ether oxygens (including phenoxy) is 3. The summed E-state index contributed by atoms with van der Waals surface area (Å²) in [7, 11) is 1.44. The zero-order valence-corrected chi connectivity index (χ0v) is 15.8. The molecule has 0 spiro atoms. The minimum atomic E-state index is -0.603. The molecule has 0 saturated carbocycles. The summed E-state index contributed by atoms with van der Waals surface area (Å²) in [5.74, 6) is 1.12. The van der Waals surface area contributed by atoms with Crippen LogP contribution in [0.15, 0.2) is 72.8 Å². The summed E-state index contributed by atoms with van der Waals surface area (Å²) in [6.07, 6.45) is 0. The molecule has 0 aliphatic heterocycles. The lowest BCUT2D eigenvalue weighted by Gasteiger charge is -2.12. The number of amides is 2. The number of para-hydroxylation sites is 1. The second-order valence-electron chi connectivity index (χ2n) is 6.01. The molecule has 148 valence electrons. The quantitative estimate of drug-likeness (QED) is 0.610. The minimum absolute atomic E-state index is 0.278. The van der Waals surface area contributed by atoms with Crippen LogP contribution in [0.4, 0.5) is 5.69 Å². The number of carbonyl (C=O) groups excluding carboxylic acids is 2. The number of carbonyl (C=O) groups is 2. The van der Waals surface area contributed by atoms with Crippen LogP contribution in [-0.4, -0.2) is 25.5 Å². The minimum Gasteiger partial charge on any atom is -0.493 e. The van der Waals surface area contributed by atoms with Crippen LogP contribution < -0.4 is 25.3 Å². The van der Waals surface area contributed by atoms with Gasteiger partial charge in [-0.2, -0.15) is 0 Å². The van der Waals surface area contributed by atoms with Gasteiger partial charge in [0.1, 0.15) is 11.5 Å². The van der Waals surface area contributed by atoms with Gasteiger partial charge in [-0.3, -0.25) is 9.59 Å². The molecule has 0 aliphatic rings. The van der Waals surface area contributed by atoms with Gasteiger partial charge in [-0.1, -0.05) is 18.2 Å². The fourth-order valence-electron chi connectivity index (χ4n) is 2.51. The second kappa shape index (κ2) is 9.27. The highest BCUT2D eigenvalue weighted by atomic mass is 16.5. The first-order chi connectivity index (χ1) is 14.0. The van der Waals surface area contributed by atoms with Crippen LogP contribution in [-0.2, 0) is 4.79 Å². The van der Waals surface area contributed by atoms with E-state index in [1.165, 1.54) is 13.2 Å².